The maximum atomic E-state index is 4.86. The molecule has 2 unspecified atom stereocenters. The molecule has 4 aromatic rings. The van der Waals surface area contributed by atoms with Crippen LogP contribution in [0.2, 0.25) is 39.3 Å². The summed E-state index contributed by atoms with van der Waals surface area (Å²) in [5, 5.41) is 2.55. The topological polar surface area (TPSA) is 25.8 Å². The zero-order chi connectivity index (χ0) is 22.2. The minimum absolute atomic E-state index is 0.713. The van der Waals surface area contributed by atoms with Crippen LogP contribution in [0.1, 0.15) is 18.2 Å². The monoisotopic (exact) mass is 548 g/mol. The van der Waals surface area contributed by atoms with E-state index in [0.717, 1.165) is 0 Å². The van der Waals surface area contributed by atoms with E-state index >= 15 is 0 Å². The number of pyridine rings is 2. The van der Waals surface area contributed by atoms with Gasteiger partial charge in [0.05, 0.1) is 0 Å². The molecule has 2 heterocycles. The average molecular weight is 547 g/mol. The molecule has 2 aromatic carbocycles. The second-order valence-corrected chi connectivity index (χ2v) is 28.8. The van der Waals surface area contributed by atoms with Gasteiger partial charge in [0.2, 0.25) is 0 Å². The number of nitrogens with zero attached hydrogens (tertiary/aromatic N) is 2. The Balaban J connectivity index is 1.87. The second-order valence-electron chi connectivity index (χ2n) is 10.6. The van der Waals surface area contributed by atoms with Crippen LogP contribution in [0.4, 0.5) is 0 Å². The van der Waals surface area contributed by atoms with Crippen molar-refractivity contribution in [2.24, 2.45) is 0 Å². The van der Waals surface area contributed by atoms with Crippen LogP contribution in [0.15, 0.2) is 73.1 Å². The summed E-state index contributed by atoms with van der Waals surface area (Å²) < 4.78 is 1.43. The number of para-hydroxylation sites is 2. The number of benzene rings is 2. The number of hydrogen-bond donors (Lipinski definition) is 0. The Bertz CT molecular complexity index is 1110. The van der Waals surface area contributed by atoms with Crippen molar-refractivity contribution in [3.63, 3.8) is 0 Å². The number of aromatic nitrogens is 2. The molecule has 2 nitrogen and oxygen atoms in total. The van der Waals surface area contributed by atoms with Crippen molar-refractivity contribution in [2.75, 3.05) is 0 Å². The Kier molecular flexibility index (Phi) is 6.43. The van der Waals surface area contributed by atoms with Crippen LogP contribution < -0.4 is 0 Å². The Morgan fingerprint density at radius 1 is 0.581 bits per heavy atom. The molecule has 2 atom stereocenters. The Morgan fingerprint density at radius 3 is 1.35 bits per heavy atom. The van der Waals surface area contributed by atoms with Gasteiger partial charge in [-0.3, -0.25) is 0 Å². The molecule has 4 rings (SSSR count). The fourth-order valence-corrected chi connectivity index (χ4v) is 23.1. The molecule has 0 aliphatic carbocycles. The van der Waals surface area contributed by atoms with E-state index < -0.39 is 37.3 Å². The van der Waals surface area contributed by atoms with Gasteiger partial charge in [0.1, 0.15) is 0 Å². The second kappa shape index (κ2) is 8.79. The molecule has 0 aliphatic rings. The van der Waals surface area contributed by atoms with Crippen molar-refractivity contribution in [2.45, 2.75) is 46.4 Å². The van der Waals surface area contributed by atoms with Crippen LogP contribution >= 0.6 is 0 Å². The fraction of sp³-hybridized carbons (Fsp3) is 0.308. The van der Waals surface area contributed by atoms with Crippen LogP contribution in [-0.2, 0) is 0 Å². The van der Waals surface area contributed by atoms with Gasteiger partial charge in [0, 0.05) is 0 Å². The van der Waals surface area contributed by atoms with Gasteiger partial charge in [-0.1, -0.05) is 0 Å². The van der Waals surface area contributed by atoms with E-state index in [9.17, 15) is 0 Å². The first-order valence-corrected chi connectivity index (χ1v) is 21.5. The van der Waals surface area contributed by atoms with Crippen LogP contribution in [0.3, 0.4) is 0 Å². The van der Waals surface area contributed by atoms with Crippen molar-refractivity contribution < 1.29 is 0 Å². The summed E-state index contributed by atoms with van der Waals surface area (Å²) in [6.07, 6.45) is 3.92. The Hall–Kier alpha value is -1.51. The van der Waals surface area contributed by atoms with Crippen LogP contribution in [0.25, 0.3) is 21.8 Å². The first-order valence-electron chi connectivity index (χ1n) is 11.1. The summed E-state index contributed by atoms with van der Waals surface area (Å²) in [6, 6.07) is 22.2. The van der Waals surface area contributed by atoms with E-state index in [2.05, 4.69) is 99.9 Å². The van der Waals surface area contributed by atoms with Gasteiger partial charge in [-0.05, 0) is 0 Å². The molecule has 0 bridgehead atoms. The summed E-state index contributed by atoms with van der Waals surface area (Å²) in [5.74, 6) is 0. The standard InChI is InChI=1S/2C13H16NSi.Sn/c2*1-15(2,3)10-12-7-4-6-11-8-5-9-14-13(11)12;/h2*4-10H,1-3H3;. The van der Waals surface area contributed by atoms with Crippen molar-refractivity contribution in [1.29, 1.82) is 0 Å². The van der Waals surface area contributed by atoms with Crippen LogP contribution in [-0.4, -0.2) is 47.3 Å². The van der Waals surface area contributed by atoms with E-state index in [1.165, 1.54) is 32.9 Å². The summed E-state index contributed by atoms with van der Waals surface area (Å²) in [7, 11) is -2.90. The predicted octanol–water partition coefficient (Wildman–Crippen LogP) is 7.02. The van der Waals surface area contributed by atoms with E-state index in [-0.39, 0.29) is 0 Å². The Labute approximate surface area is 198 Å². The minimum atomic E-state index is -1.45. The summed E-state index contributed by atoms with van der Waals surface area (Å²) in [5.41, 5.74) is 5.48. The van der Waals surface area contributed by atoms with Crippen molar-refractivity contribution >= 4 is 59.1 Å². The van der Waals surface area contributed by atoms with E-state index in [1.54, 1.807) is 0 Å². The molecule has 158 valence electrons. The fourth-order valence-electron chi connectivity index (χ4n) is 4.50. The molecular weight excluding hydrogens is 515 g/mol. The van der Waals surface area contributed by atoms with Gasteiger partial charge < -0.3 is 0 Å². The number of fused-ring (bicyclic) bond motifs is 2. The summed E-state index contributed by atoms with van der Waals surface area (Å²) >= 11 is -0.874. The molecule has 0 fully saturated rings. The normalized spacial score (nSPS) is 14.6. The zero-order valence-electron chi connectivity index (χ0n) is 19.5. The average Bonchev–Trinajstić information content (AvgIpc) is 2.72. The quantitative estimate of drug-likeness (QED) is 0.243. The third-order valence-corrected chi connectivity index (χ3v) is 30.8. The molecule has 31 heavy (non-hydrogen) atoms. The number of rotatable bonds is 6. The van der Waals surface area contributed by atoms with Crippen LogP contribution in [0, 0.1) is 0 Å². The third-order valence-electron chi connectivity index (χ3n) is 6.02. The Morgan fingerprint density at radius 2 is 0.968 bits per heavy atom. The molecule has 0 saturated heterocycles. The maximum absolute atomic E-state index is 4.86. The van der Waals surface area contributed by atoms with Gasteiger partial charge in [-0.25, -0.2) is 0 Å². The van der Waals surface area contributed by atoms with Gasteiger partial charge >= 0.3 is 200 Å². The molecule has 0 N–H and O–H groups in total. The van der Waals surface area contributed by atoms with Gasteiger partial charge in [-0.2, -0.15) is 0 Å². The van der Waals surface area contributed by atoms with Crippen LogP contribution in [0.5, 0.6) is 0 Å². The van der Waals surface area contributed by atoms with Crippen molar-refractivity contribution in [1.82, 2.24) is 9.97 Å². The first kappa shape index (κ1) is 22.7. The third kappa shape index (κ3) is 4.81. The van der Waals surface area contributed by atoms with Gasteiger partial charge in [0.25, 0.3) is 0 Å². The molecule has 0 amide bonds. The van der Waals surface area contributed by atoms with E-state index in [0.29, 0.717) is 7.11 Å². The molecule has 0 spiro atoms. The molecule has 0 aliphatic heterocycles. The van der Waals surface area contributed by atoms with E-state index in [4.69, 9.17) is 9.97 Å². The zero-order valence-corrected chi connectivity index (χ0v) is 24.3. The predicted molar refractivity (Wildman–Crippen MR) is 141 cm³/mol. The van der Waals surface area contributed by atoms with Crippen molar-refractivity contribution in [3.8, 4) is 0 Å². The number of hydrogen-bond acceptors (Lipinski definition) is 2. The molecule has 2 aromatic heterocycles. The molecule has 2 radical (unpaired) electrons. The summed E-state index contributed by atoms with van der Waals surface area (Å²) in [6.45, 7) is 15.4. The van der Waals surface area contributed by atoms with Gasteiger partial charge in [0.15, 0.2) is 0 Å². The first-order chi connectivity index (χ1) is 14.7. The van der Waals surface area contributed by atoms with E-state index in [1.807, 2.05) is 12.4 Å². The van der Waals surface area contributed by atoms with Gasteiger partial charge in [-0.15, -0.1) is 0 Å². The molecule has 5 heteroatoms. The molecular formula is C26H32N2Si2Sn. The summed E-state index contributed by atoms with van der Waals surface area (Å²) in [4.78, 5) is 9.71. The van der Waals surface area contributed by atoms with Crippen molar-refractivity contribution in [3.05, 3.63) is 84.2 Å². The SMILES string of the molecule is C[Si](C)(C)[CH]([Sn][CH](c1cccc2cccnc12)[Si](C)(C)C)c1cccc2cccnc12. The molecule has 0 saturated carbocycles.